The largest absolute Gasteiger partial charge is 0.338 e. The minimum atomic E-state index is 0.131. The molecule has 0 amide bonds. The number of hydrogen-bond acceptors (Lipinski definition) is 1. The Balaban J connectivity index is 1.94. The molecule has 3 heteroatoms. The molecule has 106 valence electrons. The van der Waals surface area contributed by atoms with Gasteiger partial charge in [-0.25, -0.2) is 0 Å². The molecule has 2 aromatic carbocycles. The summed E-state index contributed by atoms with van der Waals surface area (Å²) in [4.78, 5) is 12.5. The normalized spacial score (nSPS) is 11.0. The van der Waals surface area contributed by atoms with Gasteiger partial charge in [0.2, 0.25) is 0 Å². The molecule has 0 bridgehead atoms. The van der Waals surface area contributed by atoms with Crippen molar-refractivity contribution in [1.29, 1.82) is 0 Å². The number of Topliss-reactive ketones (excluding diaryl/α,β-unsaturated/α-hetero) is 1. The second-order valence-electron chi connectivity index (χ2n) is 5.34. The first kappa shape index (κ1) is 14.1. The molecule has 0 unspecified atom stereocenters. The first-order valence-electron chi connectivity index (χ1n) is 6.90. The van der Waals surface area contributed by atoms with Crippen molar-refractivity contribution >= 4 is 32.6 Å². The van der Waals surface area contributed by atoms with Crippen molar-refractivity contribution in [3.63, 3.8) is 0 Å². The van der Waals surface area contributed by atoms with Gasteiger partial charge in [-0.15, -0.1) is 0 Å². The standard InChI is InChI=1S/C18H16BrNO/c1-12-7-8-14(9-13(12)2)18(21)11-20-10-16(19)15-5-3-4-6-17(15)20/h3-10H,11H2,1-2H3. The Kier molecular flexibility index (Phi) is 3.68. The molecular weight excluding hydrogens is 326 g/mol. The van der Waals surface area contributed by atoms with Crippen LogP contribution in [-0.2, 0) is 6.54 Å². The maximum Gasteiger partial charge on any atom is 0.182 e. The summed E-state index contributed by atoms with van der Waals surface area (Å²) in [5.74, 6) is 0.131. The van der Waals surface area contributed by atoms with E-state index in [1.54, 1.807) is 0 Å². The molecular formula is C18H16BrNO. The lowest BCUT2D eigenvalue weighted by Crippen LogP contribution is -2.09. The maximum atomic E-state index is 12.5. The molecule has 0 fully saturated rings. The van der Waals surface area contributed by atoms with Crippen molar-refractivity contribution in [3.8, 4) is 0 Å². The van der Waals surface area contributed by atoms with Gasteiger partial charge in [0.1, 0.15) is 0 Å². The van der Waals surface area contributed by atoms with Gasteiger partial charge in [0.15, 0.2) is 5.78 Å². The van der Waals surface area contributed by atoms with E-state index in [1.165, 1.54) is 5.56 Å². The van der Waals surface area contributed by atoms with Gasteiger partial charge in [0.05, 0.1) is 6.54 Å². The molecule has 0 N–H and O–H groups in total. The van der Waals surface area contributed by atoms with E-state index in [4.69, 9.17) is 0 Å². The molecule has 0 atom stereocenters. The maximum absolute atomic E-state index is 12.5. The Hall–Kier alpha value is -1.87. The summed E-state index contributed by atoms with van der Waals surface area (Å²) in [7, 11) is 0. The smallest absolute Gasteiger partial charge is 0.182 e. The summed E-state index contributed by atoms with van der Waals surface area (Å²) < 4.78 is 3.02. The molecule has 0 spiro atoms. The van der Waals surface area contributed by atoms with Crippen LogP contribution >= 0.6 is 15.9 Å². The number of carbonyl (C=O) groups excluding carboxylic acids is 1. The van der Waals surface area contributed by atoms with Crippen molar-refractivity contribution in [3.05, 3.63) is 69.8 Å². The van der Waals surface area contributed by atoms with Crippen LogP contribution in [0.5, 0.6) is 0 Å². The first-order valence-corrected chi connectivity index (χ1v) is 7.69. The average molecular weight is 342 g/mol. The van der Waals surface area contributed by atoms with Crippen LogP contribution in [-0.4, -0.2) is 10.4 Å². The van der Waals surface area contributed by atoms with Gasteiger partial charge in [0.25, 0.3) is 0 Å². The van der Waals surface area contributed by atoms with E-state index in [-0.39, 0.29) is 5.78 Å². The molecule has 1 aromatic heterocycles. The average Bonchev–Trinajstić information content (AvgIpc) is 2.79. The lowest BCUT2D eigenvalue weighted by atomic mass is 10.0. The SMILES string of the molecule is Cc1ccc(C(=O)Cn2cc(Br)c3ccccc32)cc1C. The highest BCUT2D eigenvalue weighted by atomic mass is 79.9. The van der Waals surface area contributed by atoms with Crippen molar-refractivity contribution in [2.75, 3.05) is 0 Å². The van der Waals surface area contributed by atoms with E-state index in [1.807, 2.05) is 54.1 Å². The van der Waals surface area contributed by atoms with Gasteiger partial charge in [-0.05, 0) is 53.0 Å². The van der Waals surface area contributed by atoms with E-state index in [0.29, 0.717) is 6.54 Å². The summed E-state index contributed by atoms with van der Waals surface area (Å²) in [6, 6.07) is 14.0. The molecule has 21 heavy (non-hydrogen) atoms. The molecule has 3 aromatic rings. The van der Waals surface area contributed by atoms with Crippen LogP contribution in [0.25, 0.3) is 10.9 Å². The molecule has 3 rings (SSSR count). The number of carbonyl (C=O) groups is 1. The monoisotopic (exact) mass is 341 g/mol. The highest BCUT2D eigenvalue weighted by Gasteiger charge is 2.11. The van der Waals surface area contributed by atoms with E-state index in [0.717, 1.165) is 26.5 Å². The van der Waals surface area contributed by atoms with Gasteiger partial charge in [-0.1, -0.05) is 30.3 Å². The second-order valence-corrected chi connectivity index (χ2v) is 6.20. The molecule has 1 heterocycles. The topological polar surface area (TPSA) is 22.0 Å². The second kappa shape index (κ2) is 5.49. The van der Waals surface area contributed by atoms with Gasteiger partial charge < -0.3 is 4.57 Å². The predicted octanol–water partition coefficient (Wildman–Crippen LogP) is 4.90. The van der Waals surface area contributed by atoms with E-state index >= 15 is 0 Å². The van der Waals surface area contributed by atoms with E-state index in [9.17, 15) is 4.79 Å². The van der Waals surface area contributed by atoms with Gasteiger partial charge in [-0.3, -0.25) is 4.79 Å². The number of benzene rings is 2. The zero-order valence-electron chi connectivity index (χ0n) is 12.1. The van der Waals surface area contributed by atoms with E-state index in [2.05, 4.69) is 28.9 Å². The van der Waals surface area contributed by atoms with E-state index < -0.39 is 0 Å². The molecule has 0 saturated carbocycles. The van der Waals surface area contributed by atoms with Crippen molar-refractivity contribution in [2.24, 2.45) is 0 Å². The minimum Gasteiger partial charge on any atom is -0.338 e. The number of halogens is 1. The number of fused-ring (bicyclic) bond motifs is 1. The zero-order chi connectivity index (χ0) is 15.0. The minimum absolute atomic E-state index is 0.131. The molecule has 2 nitrogen and oxygen atoms in total. The van der Waals surface area contributed by atoms with Crippen LogP contribution < -0.4 is 0 Å². The third-order valence-electron chi connectivity index (χ3n) is 3.88. The Labute approximate surface area is 132 Å². The fraction of sp³-hybridized carbons (Fsp3) is 0.167. The number of aromatic nitrogens is 1. The number of rotatable bonds is 3. The Bertz CT molecular complexity index is 832. The predicted molar refractivity (Wildman–Crippen MR) is 89.9 cm³/mol. The lowest BCUT2D eigenvalue weighted by molar-refractivity contribution is 0.0973. The van der Waals surface area contributed by atoms with Crippen LogP contribution in [0.4, 0.5) is 0 Å². The Morgan fingerprint density at radius 1 is 1.10 bits per heavy atom. The third-order valence-corrected chi connectivity index (χ3v) is 4.51. The van der Waals surface area contributed by atoms with Crippen LogP contribution in [0, 0.1) is 13.8 Å². The Morgan fingerprint density at radius 2 is 1.86 bits per heavy atom. The fourth-order valence-electron chi connectivity index (χ4n) is 2.49. The zero-order valence-corrected chi connectivity index (χ0v) is 13.6. The number of para-hydroxylation sites is 1. The molecule has 0 aliphatic carbocycles. The molecule has 0 saturated heterocycles. The highest BCUT2D eigenvalue weighted by molar-refractivity contribution is 9.10. The summed E-state index contributed by atoms with van der Waals surface area (Å²) in [6.07, 6.45) is 1.98. The first-order chi connectivity index (χ1) is 10.1. The fourth-order valence-corrected chi connectivity index (χ4v) is 3.08. The third kappa shape index (κ3) is 2.66. The van der Waals surface area contributed by atoms with Crippen molar-refractivity contribution in [1.82, 2.24) is 4.57 Å². The molecule has 0 aliphatic heterocycles. The summed E-state index contributed by atoms with van der Waals surface area (Å²) in [5, 5.41) is 1.13. The highest BCUT2D eigenvalue weighted by Crippen LogP contribution is 2.26. The van der Waals surface area contributed by atoms with Gasteiger partial charge >= 0.3 is 0 Å². The molecule has 0 aliphatic rings. The number of ketones is 1. The van der Waals surface area contributed by atoms with Crippen LogP contribution in [0.3, 0.4) is 0 Å². The summed E-state index contributed by atoms with van der Waals surface area (Å²) >= 11 is 3.55. The van der Waals surface area contributed by atoms with Gasteiger partial charge in [0, 0.05) is 27.1 Å². The number of aryl methyl sites for hydroxylation is 2. The molecule has 0 radical (unpaired) electrons. The quantitative estimate of drug-likeness (QED) is 0.620. The van der Waals surface area contributed by atoms with Crippen LogP contribution in [0.15, 0.2) is 53.1 Å². The number of nitrogens with zero attached hydrogens (tertiary/aromatic N) is 1. The Morgan fingerprint density at radius 3 is 2.62 bits per heavy atom. The van der Waals surface area contributed by atoms with Gasteiger partial charge in [-0.2, -0.15) is 0 Å². The van der Waals surface area contributed by atoms with Crippen LogP contribution in [0.1, 0.15) is 21.5 Å². The van der Waals surface area contributed by atoms with Crippen LogP contribution in [0.2, 0.25) is 0 Å². The number of hydrogen-bond donors (Lipinski definition) is 0. The summed E-state index contributed by atoms with van der Waals surface area (Å²) in [5.41, 5.74) is 4.20. The lowest BCUT2D eigenvalue weighted by Gasteiger charge is -2.07. The summed E-state index contributed by atoms with van der Waals surface area (Å²) in [6.45, 7) is 4.45. The van der Waals surface area contributed by atoms with Crippen molar-refractivity contribution in [2.45, 2.75) is 20.4 Å². The van der Waals surface area contributed by atoms with Crippen molar-refractivity contribution < 1.29 is 4.79 Å².